The number of nitrogens with two attached hydrogens (primary N) is 1. The number of hydrogen-bond donors (Lipinski definition) is 2. The molecule has 3 unspecified atom stereocenters. The van der Waals surface area contributed by atoms with Gasteiger partial charge >= 0.3 is 0 Å². The minimum atomic E-state index is -0.170. The van der Waals surface area contributed by atoms with Crippen LogP contribution in [0.15, 0.2) is 18.2 Å². The Morgan fingerprint density at radius 3 is 2.81 bits per heavy atom. The van der Waals surface area contributed by atoms with Gasteiger partial charge in [-0.3, -0.25) is 9.69 Å². The maximum absolute atomic E-state index is 12.5. The summed E-state index contributed by atoms with van der Waals surface area (Å²) in [6.45, 7) is 7.34. The number of carbonyl (C=O) groups is 1. The highest BCUT2D eigenvalue weighted by Gasteiger charge is 2.30. The van der Waals surface area contributed by atoms with Gasteiger partial charge in [0.1, 0.15) is 0 Å². The normalized spacial score (nSPS) is 24.6. The number of halogens is 1. The molecule has 0 radical (unpaired) electrons. The van der Waals surface area contributed by atoms with Crippen LogP contribution in [0.3, 0.4) is 0 Å². The molecule has 1 aromatic rings. The van der Waals surface area contributed by atoms with Crippen molar-refractivity contribution >= 4 is 28.9 Å². The Bertz CT molecular complexity index is 520. The van der Waals surface area contributed by atoms with Crippen molar-refractivity contribution in [2.24, 2.45) is 5.92 Å². The van der Waals surface area contributed by atoms with E-state index in [0.717, 1.165) is 13.0 Å². The third-order valence-corrected chi connectivity index (χ3v) is 4.61. The average molecular weight is 310 g/mol. The van der Waals surface area contributed by atoms with Crippen molar-refractivity contribution in [1.29, 1.82) is 0 Å². The van der Waals surface area contributed by atoms with Crippen molar-refractivity contribution < 1.29 is 4.79 Å². The lowest BCUT2D eigenvalue weighted by molar-refractivity contribution is -0.122. The van der Waals surface area contributed by atoms with Gasteiger partial charge in [-0.15, -0.1) is 0 Å². The monoisotopic (exact) mass is 309 g/mol. The summed E-state index contributed by atoms with van der Waals surface area (Å²) in [7, 11) is 0. The molecule has 1 heterocycles. The number of nitrogens with one attached hydrogen (secondary N) is 1. The second kappa shape index (κ2) is 6.67. The molecule has 0 aromatic heterocycles. The summed E-state index contributed by atoms with van der Waals surface area (Å²) in [5, 5.41) is 3.37. The molecule has 3 atom stereocenters. The van der Waals surface area contributed by atoms with Gasteiger partial charge in [-0.25, -0.2) is 0 Å². The molecule has 0 saturated carbocycles. The minimum Gasteiger partial charge on any atom is -0.399 e. The van der Waals surface area contributed by atoms with Crippen LogP contribution in [0.25, 0.3) is 0 Å². The first-order valence-corrected chi connectivity index (χ1v) is 7.88. The molecule has 1 saturated heterocycles. The largest absolute Gasteiger partial charge is 0.399 e. The lowest BCUT2D eigenvalue weighted by atomic mass is 9.93. The Morgan fingerprint density at radius 1 is 1.43 bits per heavy atom. The van der Waals surface area contributed by atoms with E-state index in [4.69, 9.17) is 17.3 Å². The number of piperidine rings is 1. The van der Waals surface area contributed by atoms with Gasteiger partial charge in [0, 0.05) is 18.3 Å². The number of amides is 1. The molecule has 1 aliphatic heterocycles. The molecule has 0 aliphatic carbocycles. The van der Waals surface area contributed by atoms with E-state index in [2.05, 4.69) is 24.1 Å². The van der Waals surface area contributed by atoms with Crippen molar-refractivity contribution in [1.82, 2.24) is 4.90 Å². The second-order valence-corrected chi connectivity index (χ2v) is 6.54. The molecule has 3 N–H and O–H groups in total. The van der Waals surface area contributed by atoms with Gasteiger partial charge in [-0.05, 0) is 50.8 Å². The van der Waals surface area contributed by atoms with Crippen LogP contribution in [0.1, 0.15) is 33.6 Å². The maximum atomic E-state index is 12.5. The van der Waals surface area contributed by atoms with E-state index < -0.39 is 0 Å². The highest BCUT2D eigenvalue weighted by atomic mass is 35.5. The third kappa shape index (κ3) is 3.89. The van der Waals surface area contributed by atoms with Gasteiger partial charge in [0.05, 0.1) is 16.8 Å². The van der Waals surface area contributed by atoms with Crippen molar-refractivity contribution in [3.63, 3.8) is 0 Å². The molecule has 0 bridgehead atoms. The van der Waals surface area contributed by atoms with Gasteiger partial charge in [0.2, 0.25) is 5.91 Å². The van der Waals surface area contributed by atoms with Crippen LogP contribution in [-0.4, -0.2) is 29.4 Å². The van der Waals surface area contributed by atoms with Crippen LogP contribution >= 0.6 is 11.6 Å². The van der Waals surface area contributed by atoms with E-state index in [1.54, 1.807) is 18.2 Å². The number of hydrogen-bond acceptors (Lipinski definition) is 3. The Kier molecular flexibility index (Phi) is 5.12. The topological polar surface area (TPSA) is 58.4 Å². The van der Waals surface area contributed by atoms with Crippen LogP contribution in [-0.2, 0) is 4.79 Å². The quantitative estimate of drug-likeness (QED) is 0.842. The van der Waals surface area contributed by atoms with Gasteiger partial charge in [0.25, 0.3) is 0 Å². The van der Waals surface area contributed by atoms with Gasteiger partial charge in [0.15, 0.2) is 0 Å². The molecule has 1 aromatic carbocycles. The number of anilines is 2. The van der Waals surface area contributed by atoms with Crippen LogP contribution in [0, 0.1) is 5.92 Å². The summed E-state index contributed by atoms with van der Waals surface area (Å²) >= 11 is 6.11. The number of nitrogens with zero attached hydrogens (tertiary/aromatic N) is 1. The highest BCUT2D eigenvalue weighted by Crippen LogP contribution is 2.26. The zero-order valence-electron chi connectivity index (χ0n) is 12.9. The molecule has 1 amide bonds. The standard InChI is InChI=1S/C16H24ClN3O/c1-10-4-5-11(2)20(9-10)12(3)16(21)19-15-7-6-13(18)8-14(15)17/h6-8,10-12H,4-5,9,18H2,1-3H3,(H,19,21). The lowest BCUT2D eigenvalue weighted by Gasteiger charge is -2.40. The fraction of sp³-hybridized carbons (Fsp3) is 0.562. The average Bonchev–Trinajstić information content (AvgIpc) is 2.43. The van der Waals surface area contributed by atoms with Crippen LogP contribution in [0.5, 0.6) is 0 Å². The minimum absolute atomic E-state index is 0.0254. The van der Waals surface area contributed by atoms with Gasteiger partial charge < -0.3 is 11.1 Å². The molecule has 2 rings (SSSR count). The number of benzene rings is 1. The Hall–Kier alpha value is -1.26. The predicted molar refractivity (Wildman–Crippen MR) is 88.5 cm³/mol. The molecular formula is C16H24ClN3O. The SMILES string of the molecule is CC1CCC(C)N(C(C)C(=O)Nc2ccc(N)cc2Cl)C1. The number of rotatable bonds is 3. The zero-order valence-corrected chi connectivity index (χ0v) is 13.7. The third-order valence-electron chi connectivity index (χ3n) is 4.29. The first kappa shape index (κ1) is 16.1. The Balaban J connectivity index is 2.05. The lowest BCUT2D eigenvalue weighted by Crippen LogP contribution is -2.50. The van der Waals surface area contributed by atoms with Crippen LogP contribution in [0.4, 0.5) is 11.4 Å². The fourth-order valence-electron chi connectivity index (χ4n) is 2.88. The van der Waals surface area contributed by atoms with E-state index in [1.165, 1.54) is 6.42 Å². The molecule has 116 valence electrons. The summed E-state index contributed by atoms with van der Waals surface area (Å²) in [5.41, 5.74) is 6.86. The van der Waals surface area contributed by atoms with Gasteiger partial charge in [-0.2, -0.15) is 0 Å². The first-order valence-electron chi connectivity index (χ1n) is 7.50. The van der Waals surface area contributed by atoms with E-state index in [1.807, 2.05) is 6.92 Å². The Labute approximate surface area is 131 Å². The molecule has 21 heavy (non-hydrogen) atoms. The highest BCUT2D eigenvalue weighted by molar-refractivity contribution is 6.34. The van der Waals surface area contributed by atoms with E-state index in [0.29, 0.717) is 28.4 Å². The second-order valence-electron chi connectivity index (χ2n) is 6.13. The fourth-order valence-corrected chi connectivity index (χ4v) is 3.12. The smallest absolute Gasteiger partial charge is 0.241 e. The number of carbonyl (C=O) groups excluding carboxylic acids is 1. The van der Waals surface area contributed by atoms with E-state index in [-0.39, 0.29) is 11.9 Å². The Morgan fingerprint density at radius 2 is 2.14 bits per heavy atom. The molecule has 5 heteroatoms. The van der Waals surface area contributed by atoms with Crippen LogP contribution < -0.4 is 11.1 Å². The predicted octanol–water partition coefficient (Wildman–Crippen LogP) is 3.37. The summed E-state index contributed by atoms with van der Waals surface area (Å²) in [5.74, 6) is 0.610. The van der Waals surface area contributed by atoms with E-state index in [9.17, 15) is 4.79 Å². The van der Waals surface area contributed by atoms with Crippen molar-refractivity contribution in [3.05, 3.63) is 23.2 Å². The summed E-state index contributed by atoms with van der Waals surface area (Å²) in [4.78, 5) is 14.7. The molecule has 1 aliphatic rings. The molecule has 0 spiro atoms. The molecular weight excluding hydrogens is 286 g/mol. The maximum Gasteiger partial charge on any atom is 0.241 e. The summed E-state index contributed by atoms with van der Waals surface area (Å²) in [6, 6.07) is 5.38. The molecule has 1 fully saturated rings. The van der Waals surface area contributed by atoms with Gasteiger partial charge in [-0.1, -0.05) is 18.5 Å². The number of likely N-dealkylation sites (tertiary alicyclic amines) is 1. The number of nitrogen functional groups attached to an aromatic ring is 1. The van der Waals surface area contributed by atoms with Crippen molar-refractivity contribution in [2.45, 2.75) is 45.7 Å². The van der Waals surface area contributed by atoms with Crippen LogP contribution in [0.2, 0.25) is 5.02 Å². The first-order chi connectivity index (χ1) is 9.88. The summed E-state index contributed by atoms with van der Waals surface area (Å²) in [6.07, 6.45) is 2.37. The van der Waals surface area contributed by atoms with E-state index >= 15 is 0 Å². The van der Waals surface area contributed by atoms with Crippen molar-refractivity contribution in [3.8, 4) is 0 Å². The molecule has 4 nitrogen and oxygen atoms in total. The summed E-state index contributed by atoms with van der Waals surface area (Å²) < 4.78 is 0. The zero-order chi connectivity index (χ0) is 15.6. The van der Waals surface area contributed by atoms with Crippen molar-refractivity contribution in [2.75, 3.05) is 17.6 Å².